The highest BCUT2D eigenvalue weighted by atomic mass is 79.9. The van der Waals surface area contributed by atoms with Crippen LogP contribution in [0.25, 0.3) is 11.0 Å². The molecule has 1 aromatic carbocycles. The van der Waals surface area contributed by atoms with E-state index < -0.39 is 11.6 Å². The van der Waals surface area contributed by atoms with Crippen molar-refractivity contribution < 1.29 is 18.7 Å². The number of benzene rings is 1. The minimum Gasteiger partial charge on any atom is -0.493 e. The number of hydrogen-bond donors (Lipinski definition) is 0. The van der Waals surface area contributed by atoms with Crippen molar-refractivity contribution >= 4 is 32.9 Å². The van der Waals surface area contributed by atoms with Gasteiger partial charge in [-0.2, -0.15) is 0 Å². The van der Waals surface area contributed by atoms with E-state index in [4.69, 9.17) is 13.9 Å². The minimum absolute atomic E-state index is 0.103. The fourth-order valence-electron chi connectivity index (χ4n) is 1.69. The molecule has 0 saturated heterocycles. The van der Waals surface area contributed by atoms with Gasteiger partial charge in [-0.25, -0.2) is 9.59 Å². The maximum atomic E-state index is 11.8. The Morgan fingerprint density at radius 3 is 2.85 bits per heavy atom. The van der Waals surface area contributed by atoms with Gasteiger partial charge in [0.2, 0.25) is 0 Å². The molecular weight excluding hydrogens is 328 g/mol. The van der Waals surface area contributed by atoms with Crippen LogP contribution in [0.15, 0.2) is 33.5 Å². The summed E-state index contributed by atoms with van der Waals surface area (Å²) < 4.78 is 15.4. The number of alkyl halides is 1. The molecule has 1 heterocycles. The lowest BCUT2D eigenvalue weighted by Gasteiger charge is -2.06. The monoisotopic (exact) mass is 340 g/mol. The van der Waals surface area contributed by atoms with Crippen molar-refractivity contribution in [3.05, 3.63) is 40.2 Å². The lowest BCUT2D eigenvalue weighted by atomic mass is 10.2. The van der Waals surface area contributed by atoms with Crippen LogP contribution in [0.3, 0.4) is 0 Å². The molecule has 2 rings (SSSR count). The van der Waals surface area contributed by atoms with Gasteiger partial charge in [-0.05, 0) is 25.1 Å². The molecule has 1 aromatic heterocycles. The first kappa shape index (κ1) is 14.6. The second-order valence-electron chi connectivity index (χ2n) is 3.91. The van der Waals surface area contributed by atoms with E-state index in [1.807, 2.05) is 0 Å². The second-order valence-corrected chi connectivity index (χ2v) is 4.70. The Kier molecular flexibility index (Phi) is 4.79. The Morgan fingerprint density at radius 1 is 1.35 bits per heavy atom. The molecule has 0 unspecified atom stereocenters. The normalized spacial score (nSPS) is 10.5. The molecule has 0 spiro atoms. The van der Waals surface area contributed by atoms with E-state index in [2.05, 4.69) is 15.9 Å². The van der Waals surface area contributed by atoms with Gasteiger partial charge in [-0.1, -0.05) is 15.9 Å². The van der Waals surface area contributed by atoms with E-state index in [0.29, 0.717) is 28.7 Å². The SMILES string of the molecule is CCOC(=O)c1cc2ccc(OCCBr)cc2oc1=O. The fraction of sp³-hybridized carbons (Fsp3) is 0.286. The van der Waals surface area contributed by atoms with Crippen LogP contribution >= 0.6 is 15.9 Å². The Labute approximate surface area is 123 Å². The third kappa shape index (κ3) is 3.19. The highest BCUT2D eigenvalue weighted by Crippen LogP contribution is 2.20. The number of halogens is 1. The number of carbonyl (C=O) groups excluding carboxylic acids is 1. The number of esters is 1. The van der Waals surface area contributed by atoms with Crippen molar-refractivity contribution in [2.45, 2.75) is 6.92 Å². The molecule has 2 aromatic rings. The zero-order chi connectivity index (χ0) is 14.5. The predicted octanol–water partition coefficient (Wildman–Crippen LogP) is 2.74. The van der Waals surface area contributed by atoms with Crippen molar-refractivity contribution in [1.29, 1.82) is 0 Å². The van der Waals surface area contributed by atoms with Crippen molar-refractivity contribution in [1.82, 2.24) is 0 Å². The van der Waals surface area contributed by atoms with E-state index in [9.17, 15) is 9.59 Å². The van der Waals surface area contributed by atoms with Crippen molar-refractivity contribution in [2.24, 2.45) is 0 Å². The first-order chi connectivity index (χ1) is 9.65. The van der Waals surface area contributed by atoms with Crippen LogP contribution in [0.2, 0.25) is 0 Å². The third-order valence-electron chi connectivity index (χ3n) is 2.55. The molecule has 0 bridgehead atoms. The second kappa shape index (κ2) is 6.56. The van der Waals surface area contributed by atoms with Gasteiger partial charge in [0.15, 0.2) is 0 Å². The quantitative estimate of drug-likeness (QED) is 0.475. The van der Waals surface area contributed by atoms with Crippen LogP contribution in [0.1, 0.15) is 17.3 Å². The highest BCUT2D eigenvalue weighted by Gasteiger charge is 2.14. The summed E-state index contributed by atoms with van der Waals surface area (Å²) in [6, 6.07) is 6.56. The molecule has 0 fully saturated rings. The van der Waals surface area contributed by atoms with Gasteiger partial charge in [0.05, 0.1) is 13.2 Å². The summed E-state index contributed by atoms with van der Waals surface area (Å²) in [5.74, 6) is -0.0771. The molecule has 0 aliphatic carbocycles. The van der Waals surface area contributed by atoms with Gasteiger partial charge < -0.3 is 13.9 Å². The van der Waals surface area contributed by atoms with Crippen LogP contribution in [0, 0.1) is 0 Å². The maximum Gasteiger partial charge on any atom is 0.351 e. The molecular formula is C14H13BrO5. The summed E-state index contributed by atoms with van der Waals surface area (Å²) in [4.78, 5) is 23.4. The molecule has 106 valence electrons. The van der Waals surface area contributed by atoms with Crippen LogP contribution in [-0.4, -0.2) is 24.5 Å². The van der Waals surface area contributed by atoms with Crippen LogP contribution in [-0.2, 0) is 4.74 Å². The van der Waals surface area contributed by atoms with Crippen molar-refractivity contribution in [2.75, 3.05) is 18.5 Å². The summed E-state index contributed by atoms with van der Waals surface area (Å²) >= 11 is 3.26. The molecule has 6 heteroatoms. The minimum atomic E-state index is -0.714. The van der Waals surface area contributed by atoms with Crippen LogP contribution in [0.4, 0.5) is 0 Å². The highest BCUT2D eigenvalue weighted by molar-refractivity contribution is 9.09. The topological polar surface area (TPSA) is 65.7 Å². The lowest BCUT2D eigenvalue weighted by Crippen LogP contribution is -2.16. The lowest BCUT2D eigenvalue weighted by molar-refractivity contribution is 0.0522. The Morgan fingerprint density at radius 2 is 2.15 bits per heavy atom. The molecule has 20 heavy (non-hydrogen) atoms. The van der Waals surface area contributed by atoms with Gasteiger partial charge >= 0.3 is 11.6 Å². The van der Waals surface area contributed by atoms with E-state index in [0.717, 1.165) is 0 Å². The number of fused-ring (bicyclic) bond motifs is 1. The van der Waals surface area contributed by atoms with Crippen LogP contribution in [0.5, 0.6) is 5.75 Å². The largest absolute Gasteiger partial charge is 0.493 e. The van der Waals surface area contributed by atoms with Gasteiger partial charge in [-0.15, -0.1) is 0 Å². The maximum absolute atomic E-state index is 11.8. The van der Waals surface area contributed by atoms with Gasteiger partial charge in [-0.3, -0.25) is 0 Å². The Bertz CT molecular complexity index is 677. The van der Waals surface area contributed by atoms with E-state index in [1.54, 1.807) is 25.1 Å². The first-order valence-corrected chi connectivity index (χ1v) is 7.21. The third-order valence-corrected chi connectivity index (χ3v) is 2.87. The molecule has 5 nitrogen and oxygen atoms in total. The summed E-state index contributed by atoms with van der Waals surface area (Å²) in [7, 11) is 0. The van der Waals surface area contributed by atoms with Gasteiger partial charge in [0, 0.05) is 16.8 Å². The van der Waals surface area contributed by atoms with Gasteiger partial charge in [0.1, 0.15) is 16.9 Å². The summed E-state index contributed by atoms with van der Waals surface area (Å²) in [6.07, 6.45) is 0. The standard InChI is InChI=1S/C14H13BrO5/c1-2-18-13(16)11-7-9-3-4-10(19-6-5-15)8-12(9)20-14(11)17/h3-4,7-8H,2,5-6H2,1H3. The Hall–Kier alpha value is -1.82. The Balaban J connectivity index is 2.40. The number of ether oxygens (including phenoxy) is 2. The molecule has 0 saturated carbocycles. The van der Waals surface area contributed by atoms with E-state index in [-0.39, 0.29) is 12.2 Å². The van der Waals surface area contributed by atoms with E-state index >= 15 is 0 Å². The zero-order valence-corrected chi connectivity index (χ0v) is 12.4. The van der Waals surface area contributed by atoms with Crippen LogP contribution < -0.4 is 10.4 Å². The molecule has 0 aliphatic rings. The average Bonchev–Trinajstić information content (AvgIpc) is 2.44. The molecule has 0 amide bonds. The predicted molar refractivity (Wildman–Crippen MR) is 77.7 cm³/mol. The van der Waals surface area contributed by atoms with Crippen molar-refractivity contribution in [3.8, 4) is 5.75 Å². The van der Waals surface area contributed by atoms with E-state index in [1.165, 1.54) is 6.07 Å². The average molecular weight is 341 g/mol. The summed E-state index contributed by atoms with van der Waals surface area (Å²) in [6.45, 7) is 2.39. The van der Waals surface area contributed by atoms with Gasteiger partial charge in [0.25, 0.3) is 0 Å². The first-order valence-electron chi connectivity index (χ1n) is 6.09. The smallest absolute Gasteiger partial charge is 0.351 e. The van der Waals surface area contributed by atoms with Crippen molar-refractivity contribution in [3.63, 3.8) is 0 Å². The molecule has 0 aliphatic heterocycles. The number of carbonyl (C=O) groups is 1. The molecule has 0 atom stereocenters. The zero-order valence-electron chi connectivity index (χ0n) is 10.8. The molecule has 0 radical (unpaired) electrons. The summed E-state index contributed by atoms with van der Waals surface area (Å²) in [5, 5.41) is 1.34. The summed E-state index contributed by atoms with van der Waals surface area (Å²) in [5.41, 5.74) is -0.447. The number of rotatable bonds is 5. The number of hydrogen-bond acceptors (Lipinski definition) is 5. The molecule has 0 N–H and O–H groups in total. The fourth-order valence-corrected chi connectivity index (χ4v) is 1.85.